The molecule has 0 aliphatic carbocycles. The molecule has 0 aliphatic heterocycles. The van der Waals surface area contributed by atoms with Crippen LogP contribution in [0.5, 0.6) is 0 Å². The molecule has 4 nitrogen and oxygen atoms in total. The third-order valence-electron chi connectivity index (χ3n) is 3.11. The number of hydrogen-bond acceptors (Lipinski definition) is 4. The fraction of sp³-hybridized carbons (Fsp3) is 0.357. The monoisotopic (exact) mass is 278 g/mol. The van der Waals surface area contributed by atoms with Gasteiger partial charge in [-0.1, -0.05) is 0 Å². The zero-order valence-electron chi connectivity index (χ0n) is 11.3. The van der Waals surface area contributed by atoms with Gasteiger partial charge in [0.1, 0.15) is 5.76 Å². The van der Waals surface area contributed by atoms with Gasteiger partial charge < -0.3 is 14.6 Å². The molecule has 0 bridgehead atoms. The van der Waals surface area contributed by atoms with Crippen molar-refractivity contribution in [1.82, 2.24) is 10.2 Å². The number of nitrogens with one attached hydrogen (secondary N) is 1. The number of furan rings is 1. The second kappa shape index (κ2) is 6.04. The molecule has 2 rings (SSSR count). The van der Waals surface area contributed by atoms with Gasteiger partial charge in [0, 0.05) is 6.54 Å². The van der Waals surface area contributed by atoms with E-state index in [1.54, 1.807) is 24.3 Å². The summed E-state index contributed by atoms with van der Waals surface area (Å²) >= 11 is 1.67. The number of thiophene rings is 1. The zero-order chi connectivity index (χ0) is 13.8. The lowest BCUT2D eigenvalue weighted by molar-refractivity contribution is 0.0940. The summed E-state index contributed by atoms with van der Waals surface area (Å²) < 4.78 is 5.14. The van der Waals surface area contributed by atoms with Gasteiger partial charge in [-0.25, -0.2) is 0 Å². The highest BCUT2D eigenvalue weighted by molar-refractivity contribution is 7.07. The Morgan fingerprint density at radius 3 is 2.79 bits per heavy atom. The van der Waals surface area contributed by atoms with Crippen molar-refractivity contribution in [2.45, 2.75) is 13.0 Å². The number of aryl methyl sites for hydroxylation is 1. The van der Waals surface area contributed by atoms with Crippen molar-refractivity contribution in [2.24, 2.45) is 0 Å². The van der Waals surface area contributed by atoms with Crippen molar-refractivity contribution in [3.63, 3.8) is 0 Å². The van der Waals surface area contributed by atoms with Crippen LogP contribution in [0.3, 0.4) is 0 Å². The molecule has 102 valence electrons. The van der Waals surface area contributed by atoms with Gasteiger partial charge >= 0.3 is 0 Å². The number of nitrogens with zero attached hydrogens (tertiary/aromatic N) is 1. The Balaban J connectivity index is 2.00. The average molecular weight is 278 g/mol. The average Bonchev–Trinajstić information content (AvgIpc) is 3.00. The molecule has 0 saturated carbocycles. The third-order valence-corrected chi connectivity index (χ3v) is 3.81. The SMILES string of the molecule is Cc1occc1C(=O)NC[C@H](c1ccsc1)N(C)C. The quantitative estimate of drug-likeness (QED) is 0.914. The normalized spacial score (nSPS) is 12.6. The highest BCUT2D eigenvalue weighted by Gasteiger charge is 2.17. The molecule has 5 heteroatoms. The fourth-order valence-corrected chi connectivity index (χ4v) is 2.68. The maximum atomic E-state index is 12.0. The maximum absolute atomic E-state index is 12.0. The molecule has 2 aromatic rings. The van der Waals surface area contributed by atoms with Crippen LogP contribution in [0.15, 0.2) is 33.6 Å². The molecule has 0 aliphatic rings. The van der Waals surface area contributed by atoms with Crippen LogP contribution >= 0.6 is 11.3 Å². The number of carbonyl (C=O) groups is 1. The molecule has 0 aromatic carbocycles. The minimum absolute atomic E-state index is 0.0895. The highest BCUT2D eigenvalue weighted by Crippen LogP contribution is 2.20. The van der Waals surface area contributed by atoms with Crippen LogP contribution in [0.25, 0.3) is 0 Å². The predicted molar refractivity (Wildman–Crippen MR) is 76.5 cm³/mol. The van der Waals surface area contributed by atoms with Crippen molar-refractivity contribution in [2.75, 3.05) is 20.6 Å². The van der Waals surface area contributed by atoms with Crippen molar-refractivity contribution >= 4 is 17.2 Å². The van der Waals surface area contributed by atoms with E-state index in [9.17, 15) is 4.79 Å². The summed E-state index contributed by atoms with van der Waals surface area (Å²) in [5.74, 6) is 0.558. The second-order valence-corrected chi connectivity index (χ2v) is 5.42. The summed E-state index contributed by atoms with van der Waals surface area (Å²) in [5, 5.41) is 7.12. The summed E-state index contributed by atoms with van der Waals surface area (Å²) in [6, 6.07) is 3.97. The zero-order valence-corrected chi connectivity index (χ0v) is 12.2. The Morgan fingerprint density at radius 1 is 1.47 bits per heavy atom. The van der Waals surface area contributed by atoms with Crippen molar-refractivity contribution in [3.05, 3.63) is 46.0 Å². The van der Waals surface area contributed by atoms with Crippen molar-refractivity contribution in [1.29, 1.82) is 0 Å². The van der Waals surface area contributed by atoms with E-state index in [1.807, 2.05) is 19.5 Å². The number of carbonyl (C=O) groups excluding carboxylic acids is 1. The van der Waals surface area contributed by atoms with E-state index >= 15 is 0 Å². The summed E-state index contributed by atoms with van der Waals surface area (Å²) in [4.78, 5) is 14.1. The van der Waals surface area contributed by atoms with E-state index in [-0.39, 0.29) is 11.9 Å². The Morgan fingerprint density at radius 2 is 2.26 bits per heavy atom. The molecule has 1 amide bonds. The van der Waals surface area contributed by atoms with Crippen molar-refractivity contribution in [3.8, 4) is 0 Å². The summed E-state index contributed by atoms with van der Waals surface area (Å²) in [6.45, 7) is 2.37. The van der Waals surface area contributed by atoms with Gasteiger partial charge in [-0.3, -0.25) is 4.79 Å². The molecule has 0 radical (unpaired) electrons. The minimum Gasteiger partial charge on any atom is -0.469 e. The summed E-state index contributed by atoms with van der Waals surface area (Å²) in [7, 11) is 4.02. The number of amides is 1. The molecule has 2 aromatic heterocycles. The first-order valence-electron chi connectivity index (χ1n) is 6.10. The van der Waals surface area contributed by atoms with E-state index in [4.69, 9.17) is 4.42 Å². The molecule has 1 atom stereocenters. The van der Waals surface area contributed by atoms with E-state index in [2.05, 4.69) is 21.7 Å². The van der Waals surface area contributed by atoms with Crippen LogP contribution in [0.1, 0.15) is 27.7 Å². The van der Waals surface area contributed by atoms with Crippen molar-refractivity contribution < 1.29 is 9.21 Å². The molecule has 0 saturated heterocycles. The number of likely N-dealkylation sites (N-methyl/N-ethyl adjacent to an activating group) is 1. The van der Waals surface area contributed by atoms with Gasteiger partial charge in [-0.05, 0) is 49.5 Å². The van der Waals surface area contributed by atoms with Crippen LogP contribution < -0.4 is 5.32 Å². The smallest absolute Gasteiger partial charge is 0.254 e. The third kappa shape index (κ3) is 3.24. The Kier molecular flexibility index (Phi) is 4.39. The lowest BCUT2D eigenvalue weighted by Gasteiger charge is -2.23. The predicted octanol–water partition coefficient (Wildman–Crippen LogP) is 2.68. The largest absolute Gasteiger partial charge is 0.469 e. The van der Waals surface area contributed by atoms with Gasteiger partial charge in [-0.15, -0.1) is 0 Å². The molecular formula is C14H18N2O2S. The first-order chi connectivity index (χ1) is 9.09. The number of hydrogen-bond donors (Lipinski definition) is 1. The fourth-order valence-electron chi connectivity index (χ4n) is 1.97. The molecule has 0 unspecified atom stereocenters. The molecule has 19 heavy (non-hydrogen) atoms. The summed E-state index contributed by atoms with van der Waals surface area (Å²) in [5.41, 5.74) is 1.82. The first kappa shape index (κ1) is 13.8. The Labute approximate surface area is 117 Å². The van der Waals surface area contributed by atoms with Crippen LogP contribution in [0, 0.1) is 6.92 Å². The lowest BCUT2D eigenvalue weighted by atomic mass is 10.1. The van der Waals surface area contributed by atoms with Gasteiger partial charge in [0.05, 0.1) is 17.9 Å². The first-order valence-corrected chi connectivity index (χ1v) is 7.04. The standard InChI is InChI=1S/C14H18N2O2S/c1-10-12(4-6-18-10)14(17)15-8-13(16(2)3)11-5-7-19-9-11/h4-7,9,13H,8H2,1-3H3,(H,15,17)/t13-/m1/s1. The molecule has 0 fully saturated rings. The molecule has 0 spiro atoms. The van der Waals surface area contributed by atoms with Crippen LogP contribution in [0.4, 0.5) is 0 Å². The van der Waals surface area contributed by atoms with Gasteiger partial charge in [0.2, 0.25) is 0 Å². The second-order valence-electron chi connectivity index (χ2n) is 4.64. The topological polar surface area (TPSA) is 45.5 Å². The van der Waals surface area contributed by atoms with Gasteiger partial charge in [-0.2, -0.15) is 11.3 Å². The molecule has 1 N–H and O–H groups in total. The molecular weight excluding hydrogens is 260 g/mol. The Bertz CT molecular complexity index is 531. The van der Waals surface area contributed by atoms with Crippen LogP contribution in [0.2, 0.25) is 0 Å². The number of rotatable bonds is 5. The van der Waals surface area contributed by atoms with Gasteiger partial charge in [0.15, 0.2) is 0 Å². The van der Waals surface area contributed by atoms with E-state index < -0.39 is 0 Å². The van der Waals surface area contributed by atoms with Gasteiger partial charge in [0.25, 0.3) is 5.91 Å². The van der Waals surface area contributed by atoms with E-state index in [0.29, 0.717) is 17.9 Å². The van der Waals surface area contributed by atoms with Crippen LogP contribution in [-0.2, 0) is 0 Å². The summed E-state index contributed by atoms with van der Waals surface area (Å²) in [6.07, 6.45) is 1.53. The van der Waals surface area contributed by atoms with E-state index in [1.165, 1.54) is 11.8 Å². The van der Waals surface area contributed by atoms with Crippen LogP contribution in [-0.4, -0.2) is 31.4 Å². The molecule has 2 heterocycles. The maximum Gasteiger partial charge on any atom is 0.254 e. The van der Waals surface area contributed by atoms with E-state index in [0.717, 1.165) is 0 Å². The Hall–Kier alpha value is -1.59. The highest BCUT2D eigenvalue weighted by atomic mass is 32.1. The minimum atomic E-state index is -0.0895. The lowest BCUT2D eigenvalue weighted by Crippen LogP contribution is -2.34.